The minimum atomic E-state index is -3.41. The zero-order valence-corrected chi connectivity index (χ0v) is 17.6. The number of sulfonamides is 1. The van der Waals surface area contributed by atoms with Crippen molar-refractivity contribution < 1.29 is 22.4 Å². The molecule has 2 aromatic carbocycles. The minimum Gasteiger partial charge on any atom is -0.351 e. The van der Waals surface area contributed by atoms with E-state index in [0.717, 1.165) is 5.56 Å². The number of benzene rings is 2. The number of carbonyl (C=O) groups excluding carboxylic acids is 2. The summed E-state index contributed by atoms with van der Waals surface area (Å²) in [5.41, 5.74) is 2.32. The van der Waals surface area contributed by atoms with Gasteiger partial charge in [0.25, 0.3) is 0 Å². The smallest absolute Gasteiger partial charge is 0.228 e. The van der Waals surface area contributed by atoms with E-state index in [-0.39, 0.29) is 36.6 Å². The van der Waals surface area contributed by atoms with Crippen molar-refractivity contribution in [3.05, 3.63) is 65.0 Å². The molecule has 2 amide bonds. The van der Waals surface area contributed by atoms with Gasteiger partial charge in [-0.3, -0.25) is 9.59 Å². The van der Waals surface area contributed by atoms with E-state index in [4.69, 9.17) is 0 Å². The monoisotopic (exact) mass is 433 g/mol. The first-order valence-electron chi connectivity index (χ1n) is 9.58. The Labute approximate surface area is 175 Å². The van der Waals surface area contributed by atoms with Gasteiger partial charge in [-0.25, -0.2) is 17.5 Å². The molecule has 0 saturated heterocycles. The molecule has 0 spiro atoms. The highest BCUT2D eigenvalue weighted by molar-refractivity contribution is 7.88. The van der Waals surface area contributed by atoms with Gasteiger partial charge in [0, 0.05) is 24.7 Å². The van der Waals surface area contributed by atoms with Crippen LogP contribution in [0, 0.1) is 5.82 Å². The number of rotatable bonds is 7. The predicted molar refractivity (Wildman–Crippen MR) is 112 cm³/mol. The molecule has 1 heterocycles. The van der Waals surface area contributed by atoms with Gasteiger partial charge < -0.3 is 10.6 Å². The maximum absolute atomic E-state index is 13.4. The van der Waals surface area contributed by atoms with Crippen molar-refractivity contribution >= 4 is 27.5 Å². The van der Waals surface area contributed by atoms with Crippen molar-refractivity contribution in [1.82, 2.24) is 10.0 Å². The summed E-state index contributed by atoms with van der Waals surface area (Å²) in [6.45, 7) is 3.74. The highest BCUT2D eigenvalue weighted by atomic mass is 32.2. The zero-order chi connectivity index (χ0) is 21.9. The van der Waals surface area contributed by atoms with Crippen LogP contribution in [0.4, 0.5) is 10.1 Å². The molecule has 0 aliphatic carbocycles. The standard InChI is InChI=1S/C21H24FN3O4S/c1-13(2)25-30(28,29)12-15-5-3-14(4-6-15)11-23-21(27)18-10-20(26)24-19-9-16(22)7-8-17(18)19/h3-9,13,18,25H,10-12H2,1-2H3,(H,23,27)(H,24,26). The predicted octanol–water partition coefficient (Wildman–Crippen LogP) is 2.40. The molecule has 2 aromatic rings. The first kappa shape index (κ1) is 21.9. The van der Waals surface area contributed by atoms with Gasteiger partial charge in [-0.05, 0) is 42.7 Å². The summed E-state index contributed by atoms with van der Waals surface area (Å²) in [7, 11) is -3.41. The van der Waals surface area contributed by atoms with Gasteiger partial charge in [-0.1, -0.05) is 30.3 Å². The Morgan fingerprint density at radius 3 is 2.50 bits per heavy atom. The van der Waals surface area contributed by atoms with Crippen LogP contribution in [0.5, 0.6) is 0 Å². The first-order valence-corrected chi connectivity index (χ1v) is 11.2. The summed E-state index contributed by atoms with van der Waals surface area (Å²) in [6, 6.07) is 10.7. The van der Waals surface area contributed by atoms with E-state index < -0.39 is 21.8 Å². The van der Waals surface area contributed by atoms with Crippen LogP contribution < -0.4 is 15.4 Å². The van der Waals surface area contributed by atoms with Gasteiger partial charge in [0.2, 0.25) is 21.8 Å². The Balaban J connectivity index is 1.62. The molecule has 0 fully saturated rings. The van der Waals surface area contributed by atoms with Crippen LogP contribution in [0.3, 0.4) is 0 Å². The zero-order valence-electron chi connectivity index (χ0n) is 16.7. The Morgan fingerprint density at radius 2 is 1.83 bits per heavy atom. The average molecular weight is 434 g/mol. The number of hydrogen-bond donors (Lipinski definition) is 3. The molecule has 1 aliphatic heterocycles. The Bertz CT molecular complexity index is 1050. The molecule has 0 bridgehead atoms. The minimum absolute atomic E-state index is 0.00981. The summed E-state index contributed by atoms with van der Waals surface area (Å²) < 4.78 is 40.0. The van der Waals surface area contributed by atoms with Gasteiger partial charge in [0.05, 0.1) is 11.7 Å². The van der Waals surface area contributed by atoms with Crippen LogP contribution in [-0.2, 0) is 31.9 Å². The van der Waals surface area contributed by atoms with E-state index in [2.05, 4.69) is 15.4 Å². The van der Waals surface area contributed by atoms with Crippen molar-refractivity contribution in [2.45, 2.75) is 44.5 Å². The molecule has 0 aromatic heterocycles. The summed E-state index contributed by atoms with van der Waals surface area (Å²) in [5.74, 6) is -1.97. The molecule has 7 nitrogen and oxygen atoms in total. The second-order valence-electron chi connectivity index (χ2n) is 7.60. The number of amides is 2. The number of nitrogens with one attached hydrogen (secondary N) is 3. The van der Waals surface area contributed by atoms with Crippen LogP contribution >= 0.6 is 0 Å². The number of halogens is 1. The highest BCUT2D eigenvalue weighted by Gasteiger charge is 2.30. The molecule has 3 rings (SSSR count). The molecule has 3 N–H and O–H groups in total. The molecule has 1 atom stereocenters. The van der Waals surface area contributed by atoms with Crippen molar-refractivity contribution in [3.8, 4) is 0 Å². The molecule has 160 valence electrons. The summed E-state index contributed by atoms with van der Waals surface area (Å²) >= 11 is 0. The third-order valence-electron chi connectivity index (χ3n) is 4.63. The van der Waals surface area contributed by atoms with E-state index in [1.54, 1.807) is 38.1 Å². The van der Waals surface area contributed by atoms with Crippen LogP contribution in [0.25, 0.3) is 0 Å². The van der Waals surface area contributed by atoms with Crippen LogP contribution in [0.15, 0.2) is 42.5 Å². The second kappa shape index (κ2) is 8.93. The van der Waals surface area contributed by atoms with Crippen LogP contribution in [0.1, 0.15) is 42.9 Å². The van der Waals surface area contributed by atoms with Gasteiger partial charge in [-0.15, -0.1) is 0 Å². The van der Waals surface area contributed by atoms with E-state index in [1.807, 2.05) is 0 Å². The van der Waals surface area contributed by atoms with Crippen molar-refractivity contribution in [2.24, 2.45) is 0 Å². The lowest BCUT2D eigenvalue weighted by Crippen LogP contribution is -2.34. The van der Waals surface area contributed by atoms with E-state index in [1.165, 1.54) is 18.2 Å². The van der Waals surface area contributed by atoms with Crippen molar-refractivity contribution in [2.75, 3.05) is 5.32 Å². The molecule has 0 saturated carbocycles. The fraction of sp³-hybridized carbons (Fsp3) is 0.333. The van der Waals surface area contributed by atoms with E-state index >= 15 is 0 Å². The van der Waals surface area contributed by atoms with Crippen LogP contribution in [0.2, 0.25) is 0 Å². The molecule has 9 heteroatoms. The normalized spacial score (nSPS) is 16.1. The fourth-order valence-corrected chi connectivity index (χ4v) is 4.79. The van der Waals surface area contributed by atoms with Gasteiger partial charge in [0.15, 0.2) is 0 Å². The summed E-state index contributed by atoms with van der Waals surface area (Å²) in [4.78, 5) is 24.5. The lowest BCUT2D eigenvalue weighted by atomic mass is 9.89. The Morgan fingerprint density at radius 1 is 1.17 bits per heavy atom. The topological polar surface area (TPSA) is 104 Å². The van der Waals surface area contributed by atoms with Gasteiger partial charge in [-0.2, -0.15) is 0 Å². The van der Waals surface area contributed by atoms with Gasteiger partial charge >= 0.3 is 0 Å². The maximum atomic E-state index is 13.4. The SMILES string of the molecule is CC(C)NS(=O)(=O)Cc1ccc(CNC(=O)C2CC(=O)Nc3cc(F)ccc32)cc1. The average Bonchev–Trinajstić information content (AvgIpc) is 2.64. The number of anilines is 1. The van der Waals surface area contributed by atoms with Crippen molar-refractivity contribution in [3.63, 3.8) is 0 Å². The lowest BCUT2D eigenvalue weighted by molar-refractivity contribution is -0.126. The van der Waals surface area contributed by atoms with Gasteiger partial charge in [0.1, 0.15) is 5.82 Å². The van der Waals surface area contributed by atoms with E-state index in [0.29, 0.717) is 16.8 Å². The maximum Gasteiger partial charge on any atom is 0.228 e. The molecule has 30 heavy (non-hydrogen) atoms. The molecular weight excluding hydrogens is 409 g/mol. The number of carbonyl (C=O) groups is 2. The number of fused-ring (bicyclic) bond motifs is 1. The first-order chi connectivity index (χ1) is 14.1. The molecule has 0 radical (unpaired) electrons. The van der Waals surface area contributed by atoms with Crippen LogP contribution in [-0.4, -0.2) is 26.3 Å². The molecular formula is C21H24FN3O4S. The quantitative estimate of drug-likeness (QED) is 0.624. The molecule has 1 aliphatic rings. The summed E-state index contributed by atoms with van der Waals surface area (Å²) in [5, 5.41) is 5.38. The lowest BCUT2D eigenvalue weighted by Gasteiger charge is -2.25. The number of hydrogen-bond acceptors (Lipinski definition) is 4. The second-order valence-corrected chi connectivity index (χ2v) is 9.36. The van der Waals surface area contributed by atoms with E-state index in [9.17, 15) is 22.4 Å². The van der Waals surface area contributed by atoms with Crippen molar-refractivity contribution in [1.29, 1.82) is 0 Å². The third kappa shape index (κ3) is 5.64. The molecule has 1 unspecified atom stereocenters. The Hall–Kier alpha value is -2.78. The fourth-order valence-electron chi connectivity index (χ4n) is 3.36. The largest absolute Gasteiger partial charge is 0.351 e. The highest BCUT2D eigenvalue weighted by Crippen LogP contribution is 2.32. The Kier molecular flexibility index (Phi) is 6.52. The summed E-state index contributed by atoms with van der Waals surface area (Å²) in [6.07, 6.45) is -0.00981. The third-order valence-corrected chi connectivity index (χ3v) is 6.18.